The number of carbonyl (C=O) groups excluding carboxylic acids is 1. The maximum absolute atomic E-state index is 13.4. The predicted octanol–water partition coefficient (Wildman–Crippen LogP) is 3.59. The molecule has 0 N–H and O–H groups in total. The van der Waals surface area contributed by atoms with Crippen LogP contribution in [0.5, 0.6) is 0 Å². The van der Waals surface area contributed by atoms with Gasteiger partial charge in [-0.25, -0.2) is 14.2 Å². The minimum absolute atomic E-state index is 0.194. The molecule has 0 saturated carbocycles. The first kappa shape index (κ1) is 21.2. The van der Waals surface area contributed by atoms with E-state index < -0.39 is 12.0 Å². The van der Waals surface area contributed by atoms with Crippen molar-refractivity contribution >= 4 is 35.0 Å². The van der Waals surface area contributed by atoms with Gasteiger partial charge in [0.25, 0.3) is 5.56 Å². The third-order valence-electron chi connectivity index (χ3n) is 4.88. The lowest BCUT2D eigenvalue weighted by atomic mass is 9.96. The Hall–Kier alpha value is -3.03. The first-order valence-corrected chi connectivity index (χ1v) is 10.8. The molecule has 0 aliphatic carbocycles. The minimum atomic E-state index is -0.764. The van der Waals surface area contributed by atoms with Crippen LogP contribution in [0.3, 0.4) is 0 Å². The highest BCUT2D eigenvalue weighted by molar-refractivity contribution is 7.07. The van der Waals surface area contributed by atoms with E-state index in [-0.39, 0.29) is 23.6 Å². The number of esters is 1. The number of hydrogen-bond donors (Lipinski definition) is 0. The summed E-state index contributed by atoms with van der Waals surface area (Å²) < 4.78 is 20.4. The maximum Gasteiger partial charge on any atom is 0.338 e. The van der Waals surface area contributed by atoms with Crippen molar-refractivity contribution < 1.29 is 13.9 Å². The Morgan fingerprint density at radius 1 is 1.26 bits per heavy atom. The lowest BCUT2D eigenvalue weighted by molar-refractivity contribution is -0.139. The summed E-state index contributed by atoms with van der Waals surface area (Å²) in [5, 5.41) is 0.428. The fraction of sp³-hybridized carbons (Fsp3) is 0.174. The summed E-state index contributed by atoms with van der Waals surface area (Å²) in [6.07, 6.45) is 1.68. The number of fused-ring (bicyclic) bond motifs is 1. The van der Waals surface area contributed by atoms with Crippen LogP contribution in [0, 0.1) is 5.82 Å². The molecule has 2 aromatic carbocycles. The van der Waals surface area contributed by atoms with E-state index >= 15 is 0 Å². The van der Waals surface area contributed by atoms with Gasteiger partial charge in [-0.05, 0) is 49.2 Å². The molecule has 3 aromatic rings. The number of nitrogens with zero attached hydrogens (tertiary/aromatic N) is 2. The predicted molar refractivity (Wildman–Crippen MR) is 118 cm³/mol. The number of aromatic nitrogens is 1. The average Bonchev–Trinajstić information content (AvgIpc) is 3.04. The normalized spacial score (nSPS) is 16.1. The number of ether oxygens (including phenoxy) is 1. The molecule has 2 heterocycles. The van der Waals surface area contributed by atoms with E-state index in [1.165, 1.54) is 28.0 Å². The zero-order valence-electron chi connectivity index (χ0n) is 16.8. The first-order chi connectivity index (χ1) is 14.9. The second-order valence-electron chi connectivity index (χ2n) is 6.88. The first-order valence-electron chi connectivity index (χ1n) is 9.60. The Balaban J connectivity index is 1.97. The van der Waals surface area contributed by atoms with Crippen molar-refractivity contribution in [1.82, 2.24) is 4.57 Å². The number of halogens is 2. The molecule has 4 rings (SSSR count). The van der Waals surface area contributed by atoms with E-state index in [1.54, 1.807) is 56.3 Å². The van der Waals surface area contributed by atoms with Crippen LogP contribution in [0.1, 0.15) is 31.0 Å². The van der Waals surface area contributed by atoms with Gasteiger partial charge in [-0.2, -0.15) is 0 Å². The molecule has 8 heteroatoms. The Kier molecular flexibility index (Phi) is 5.89. The van der Waals surface area contributed by atoms with E-state index in [0.717, 1.165) is 0 Å². The number of benzene rings is 2. The number of allylic oxidation sites excluding steroid dienone is 1. The molecule has 1 aromatic heterocycles. The molecule has 0 radical (unpaired) electrons. The van der Waals surface area contributed by atoms with Gasteiger partial charge in [-0.1, -0.05) is 53.3 Å². The fourth-order valence-corrected chi connectivity index (χ4v) is 4.78. The van der Waals surface area contributed by atoms with Crippen molar-refractivity contribution in [3.05, 3.63) is 101 Å². The SMILES string of the molecule is CCOC(=O)C1=C(C)N=c2s/c(=C\c3ccc(F)cc3)c(=O)n2[C@@H]1c1ccccc1Cl. The lowest BCUT2D eigenvalue weighted by Gasteiger charge is -2.25. The summed E-state index contributed by atoms with van der Waals surface area (Å²) in [5.74, 6) is -0.895. The smallest absolute Gasteiger partial charge is 0.338 e. The van der Waals surface area contributed by atoms with Gasteiger partial charge in [0.05, 0.1) is 22.4 Å². The number of thiazole rings is 1. The van der Waals surface area contributed by atoms with Crippen molar-refractivity contribution in [2.75, 3.05) is 6.61 Å². The van der Waals surface area contributed by atoms with Gasteiger partial charge < -0.3 is 4.74 Å². The van der Waals surface area contributed by atoms with Crippen LogP contribution >= 0.6 is 22.9 Å². The highest BCUT2D eigenvalue weighted by Gasteiger charge is 2.34. The lowest BCUT2D eigenvalue weighted by Crippen LogP contribution is -2.40. The number of hydrogen-bond acceptors (Lipinski definition) is 5. The van der Waals surface area contributed by atoms with Gasteiger partial charge in [0.15, 0.2) is 4.80 Å². The van der Waals surface area contributed by atoms with Crippen molar-refractivity contribution in [3.8, 4) is 0 Å². The molecule has 0 spiro atoms. The second kappa shape index (κ2) is 8.61. The molecule has 1 aliphatic heterocycles. The monoisotopic (exact) mass is 456 g/mol. The molecule has 0 unspecified atom stereocenters. The Labute approximate surface area is 186 Å². The topological polar surface area (TPSA) is 60.7 Å². The Morgan fingerprint density at radius 2 is 1.97 bits per heavy atom. The van der Waals surface area contributed by atoms with Gasteiger partial charge >= 0.3 is 5.97 Å². The van der Waals surface area contributed by atoms with Gasteiger partial charge in [0, 0.05) is 5.02 Å². The summed E-state index contributed by atoms with van der Waals surface area (Å²) in [7, 11) is 0. The quantitative estimate of drug-likeness (QED) is 0.564. The number of carbonyl (C=O) groups is 1. The van der Waals surface area contributed by atoms with Crippen molar-refractivity contribution in [1.29, 1.82) is 0 Å². The zero-order chi connectivity index (χ0) is 22.1. The molecule has 1 aliphatic rings. The van der Waals surface area contributed by atoms with Crippen LogP contribution in [-0.2, 0) is 9.53 Å². The molecule has 31 heavy (non-hydrogen) atoms. The standard InChI is InChI=1S/C23H18ClFN2O3S/c1-3-30-22(29)19-13(2)26-23-27(20(19)16-6-4-5-7-17(16)24)21(28)18(31-23)12-14-8-10-15(25)11-9-14/h4-12,20H,3H2,1-2H3/b18-12-/t20-/m1/s1. The molecule has 0 amide bonds. The summed E-state index contributed by atoms with van der Waals surface area (Å²) in [4.78, 5) is 31.2. The maximum atomic E-state index is 13.4. The molecule has 0 fully saturated rings. The highest BCUT2D eigenvalue weighted by atomic mass is 35.5. The summed E-state index contributed by atoms with van der Waals surface area (Å²) in [6.45, 7) is 3.63. The van der Waals surface area contributed by atoms with Gasteiger partial charge in [0.2, 0.25) is 0 Å². The Bertz CT molecular complexity index is 1370. The molecule has 1 atom stereocenters. The van der Waals surface area contributed by atoms with Crippen LogP contribution in [0.4, 0.5) is 4.39 Å². The minimum Gasteiger partial charge on any atom is -0.463 e. The third-order valence-corrected chi connectivity index (χ3v) is 6.21. The van der Waals surface area contributed by atoms with Crippen LogP contribution in [0.25, 0.3) is 6.08 Å². The number of rotatable bonds is 4. The highest BCUT2D eigenvalue weighted by Crippen LogP contribution is 2.34. The molecule has 158 valence electrons. The largest absolute Gasteiger partial charge is 0.463 e. The Morgan fingerprint density at radius 3 is 2.65 bits per heavy atom. The fourth-order valence-electron chi connectivity index (χ4n) is 3.49. The summed E-state index contributed by atoms with van der Waals surface area (Å²) in [5.41, 5.74) is 1.72. The molecule has 0 saturated heterocycles. The van der Waals surface area contributed by atoms with Crippen molar-refractivity contribution in [2.24, 2.45) is 4.99 Å². The van der Waals surface area contributed by atoms with Gasteiger partial charge in [0.1, 0.15) is 11.9 Å². The van der Waals surface area contributed by atoms with E-state index in [2.05, 4.69) is 4.99 Å². The van der Waals surface area contributed by atoms with Crippen LogP contribution in [-0.4, -0.2) is 17.1 Å². The second-order valence-corrected chi connectivity index (χ2v) is 8.29. The van der Waals surface area contributed by atoms with Crippen LogP contribution in [0.2, 0.25) is 5.02 Å². The van der Waals surface area contributed by atoms with Crippen LogP contribution in [0.15, 0.2) is 69.6 Å². The van der Waals surface area contributed by atoms with E-state index in [4.69, 9.17) is 16.3 Å². The van der Waals surface area contributed by atoms with Gasteiger partial charge in [-0.3, -0.25) is 9.36 Å². The molecular weight excluding hydrogens is 439 g/mol. The van der Waals surface area contributed by atoms with Crippen molar-refractivity contribution in [3.63, 3.8) is 0 Å². The van der Waals surface area contributed by atoms with Crippen molar-refractivity contribution in [2.45, 2.75) is 19.9 Å². The molecule has 0 bridgehead atoms. The van der Waals surface area contributed by atoms with E-state index in [0.29, 0.717) is 31.2 Å². The zero-order valence-corrected chi connectivity index (χ0v) is 18.3. The average molecular weight is 457 g/mol. The van der Waals surface area contributed by atoms with Gasteiger partial charge in [-0.15, -0.1) is 0 Å². The molecule has 5 nitrogen and oxygen atoms in total. The summed E-state index contributed by atoms with van der Waals surface area (Å²) >= 11 is 7.66. The molecular formula is C23H18ClFN2O3S. The van der Waals surface area contributed by atoms with E-state index in [9.17, 15) is 14.0 Å². The summed E-state index contributed by atoms with van der Waals surface area (Å²) in [6, 6.07) is 12.2. The van der Waals surface area contributed by atoms with Crippen LogP contribution < -0.4 is 14.9 Å². The van der Waals surface area contributed by atoms with E-state index in [1.807, 2.05) is 0 Å². The third kappa shape index (κ3) is 3.98.